The number of carbonyl (C=O) groups excluding carboxylic acids is 2. The zero-order chi connectivity index (χ0) is 13.7. The molecule has 0 aliphatic carbocycles. The molecule has 0 saturated heterocycles. The van der Waals surface area contributed by atoms with Crippen LogP contribution in [0.25, 0.3) is 0 Å². The number of benzene rings is 1. The van der Waals surface area contributed by atoms with Crippen LogP contribution in [-0.2, 0) is 4.74 Å². The van der Waals surface area contributed by atoms with Crippen molar-refractivity contribution >= 4 is 11.8 Å². The summed E-state index contributed by atoms with van der Waals surface area (Å²) in [5.41, 5.74) is 0.761. The number of aromatic nitrogens is 1. The lowest BCUT2D eigenvalue weighted by molar-refractivity contribution is 0.0473. The molecule has 0 radical (unpaired) electrons. The number of aromatic amines is 1. The van der Waals surface area contributed by atoms with Crippen LogP contribution >= 0.6 is 0 Å². The summed E-state index contributed by atoms with van der Waals surface area (Å²) in [4.78, 5) is 26.1. The van der Waals surface area contributed by atoms with Gasteiger partial charge in [-0.2, -0.15) is 0 Å². The summed E-state index contributed by atoms with van der Waals surface area (Å²) in [6, 6.07) is 9.90. The molecule has 5 heteroatoms. The van der Waals surface area contributed by atoms with E-state index in [2.05, 4.69) is 4.98 Å². The van der Waals surface area contributed by atoms with E-state index in [1.807, 2.05) is 0 Å². The minimum Gasteiger partial charge on any atom is -0.497 e. The maximum Gasteiger partial charge on any atom is 0.338 e. The predicted octanol–water partition coefficient (Wildman–Crippen LogP) is 2.06. The molecule has 0 saturated carbocycles. The molecular formula is C14H13NO4. The summed E-state index contributed by atoms with van der Waals surface area (Å²) < 4.78 is 9.96. The highest BCUT2D eigenvalue weighted by Crippen LogP contribution is 2.13. The number of rotatable bonds is 5. The smallest absolute Gasteiger partial charge is 0.338 e. The fourth-order valence-corrected chi connectivity index (χ4v) is 1.55. The van der Waals surface area contributed by atoms with Crippen molar-refractivity contribution in [1.29, 1.82) is 0 Å². The van der Waals surface area contributed by atoms with Crippen LogP contribution in [0.5, 0.6) is 5.75 Å². The van der Waals surface area contributed by atoms with Gasteiger partial charge in [0.25, 0.3) is 0 Å². The maximum atomic E-state index is 11.7. The van der Waals surface area contributed by atoms with Crippen LogP contribution in [0.1, 0.15) is 20.8 Å². The van der Waals surface area contributed by atoms with E-state index < -0.39 is 5.97 Å². The minimum atomic E-state index is -0.557. The largest absolute Gasteiger partial charge is 0.497 e. The fraction of sp³-hybridized carbons (Fsp3) is 0.143. The molecule has 0 atom stereocenters. The molecule has 0 fully saturated rings. The zero-order valence-corrected chi connectivity index (χ0v) is 10.4. The van der Waals surface area contributed by atoms with E-state index in [9.17, 15) is 9.59 Å². The van der Waals surface area contributed by atoms with Gasteiger partial charge in [0.2, 0.25) is 5.78 Å². The van der Waals surface area contributed by atoms with Gasteiger partial charge in [0.05, 0.1) is 18.4 Å². The predicted molar refractivity (Wildman–Crippen MR) is 68.4 cm³/mol. The molecule has 5 nitrogen and oxygen atoms in total. The van der Waals surface area contributed by atoms with Crippen LogP contribution in [0.15, 0.2) is 42.6 Å². The molecule has 98 valence electrons. The van der Waals surface area contributed by atoms with Crippen LogP contribution in [0, 0.1) is 0 Å². The van der Waals surface area contributed by atoms with Crippen LogP contribution < -0.4 is 4.74 Å². The first-order valence-corrected chi connectivity index (χ1v) is 5.68. The second-order valence-electron chi connectivity index (χ2n) is 3.82. The van der Waals surface area contributed by atoms with Gasteiger partial charge in [0.1, 0.15) is 5.75 Å². The van der Waals surface area contributed by atoms with Gasteiger partial charge in [-0.25, -0.2) is 4.79 Å². The van der Waals surface area contributed by atoms with Crippen molar-refractivity contribution in [2.45, 2.75) is 0 Å². The average molecular weight is 259 g/mol. The van der Waals surface area contributed by atoms with E-state index in [4.69, 9.17) is 9.47 Å². The minimum absolute atomic E-state index is 0.277. The van der Waals surface area contributed by atoms with E-state index in [1.165, 1.54) is 7.11 Å². The Morgan fingerprint density at radius 2 is 2.05 bits per heavy atom. The van der Waals surface area contributed by atoms with Gasteiger partial charge in [-0.05, 0) is 30.3 Å². The zero-order valence-electron chi connectivity index (χ0n) is 10.4. The summed E-state index contributed by atoms with van der Waals surface area (Å²) in [7, 11) is 1.51. The van der Waals surface area contributed by atoms with Gasteiger partial charge in [-0.3, -0.25) is 4.79 Å². The van der Waals surface area contributed by atoms with Crippen molar-refractivity contribution in [2.24, 2.45) is 0 Å². The van der Waals surface area contributed by atoms with Crippen molar-refractivity contribution < 1.29 is 19.1 Å². The average Bonchev–Trinajstić information content (AvgIpc) is 2.98. The number of methoxy groups -OCH3 is 1. The van der Waals surface area contributed by atoms with Gasteiger partial charge in [-0.1, -0.05) is 6.07 Å². The van der Waals surface area contributed by atoms with Crippen LogP contribution in [0.2, 0.25) is 0 Å². The van der Waals surface area contributed by atoms with Gasteiger partial charge in [0.15, 0.2) is 6.61 Å². The molecule has 1 N–H and O–H groups in total. The maximum absolute atomic E-state index is 11.7. The molecule has 19 heavy (non-hydrogen) atoms. The summed E-state index contributed by atoms with van der Waals surface area (Å²) in [5, 5.41) is 0. The van der Waals surface area contributed by atoms with E-state index in [-0.39, 0.29) is 12.4 Å². The Morgan fingerprint density at radius 3 is 2.74 bits per heavy atom. The van der Waals surface area contributed by atoms with Gasteiger partial charge >= 0.3 is 5.97 Å². The molecule has 0 amide bonds. The molecule has 0 bridgehead atoms. The van der Waals surface area contributed by atoms with E-state index >= 15 is 0 Å². The molecular weight excluding hydrogens is 246 g/mol. The topological polar surface area (TPSA) is 68.4 Å². The van der Waals surface area contributed by atoms with E-state index in [1.54, 1.807) is 42.6 Å². The Bertz CT molecular complexity index is 575. The molecule has 0 aliphatic heterocycles. The number of carbonyl (C=O) groups is 2. The molecule has 2 aromatic rings. The third kappa shape index (κ3) is 3.22. The van der Waals surface area contributed by atoms with Crippen molar-refractivity contribution in [3.05, 3.63) is 53.9 Å². The number of ketones is 1. The quantitative estimate of drug-likeness (QED) is 0.659. The first-order chi connectivity index (χ1) is 9.20. The molecule has 0 aliphatic rings. The molecule has 2 rings (SSSR count). The second kappa shape index (κ2) is 5.86. The lowest BCUT2D eigenvalue weighted by atomic mass is 10.2. The summed E-state index contributed by atoms with van der Waals surface area (Å²) in [6.07, 6.45) is 1.64. The third-order valence-corrected chi connectivity index (χ3v) is 2.54. The van der Waals surface area contributed by atoms with Crippen LogP contribution in [-0.4, -0.2) is 30.5 Å². The number of hydrogen-bond donors (Lipinski definition) is 1. The lowest BCUT2D eigenvalue weighted by Gasteiger charge is -2.05. The molecule has 1 aromatic heterocycles. The van der Waals surface area contributed by atoms with E-state index in [0.717, 1.165) is 0 Å². The van der Waals surface area contributed by atoms with Crippen LogP contribution in [0.4, 0.5) is 0 Å². The molecule has 1 heterocycles. The van der Waals surface area contributed by atoms with Crippen LogP contribution in [0.3, 0.4) is 0 Å². The number of Topliss-reactive ketones (excluding diaryl/α,β-unsaturated/α-hetero) is 1. The molecule has 0 unspecified atom stereocenters. The number of H-pyrrole nitrogens is 1. The van der Waals surface area contributed by atoms with E-state index in [0.29, 0.717) is 17.0 Å². The standard InChI is InChI=1S/C14H13NO4/c1-18-11-5-2-4-10(8-11)14(17)19-9-13(16)12-6-3-7-15-12/h2-8,15H,9H2,1H3. The molecule has 0 spiro atoms. The van der Waals surface area contributed by atoms with Crippen molar-refractivity contribution in [3.8, 4) is 5.75 Å². The first kappa shape index (κ1) is 12.9. The Morgan fingerprint density at radius 1 is 1.21 bits per heavy atom. The second-order valence-corrected chi connectivity index (χ2v) is 3.82. The highest BCUT2D eigenvalue weighted by atomic mass is 16.5. The lowest BCUT2D eigenvalue weighted by Crippen LogP contribution is -2.14. The monoisotopic (exact) mass is 259 g/mol. The number of esters is 1. The highest BCUT2D eigenvalue weighted by molar-refractivity contribution is 5.98. The van der Waals surface area contributed by atoms with Gasteiger partial charge < -0.3 is 14.5 Å². The summed E-state index contributed by atoms with van der Waals surface area (Å²) >= 11 is 0. The summed E-state index contributed by atoms with van der Waals surface area (Å²) in [5.74, 6) is -0.273. The van der Waals surface area contributed by atoms with Gasteiger partial charge in [-0.15, -0.1) is 0 Å². The molecule has 1 aromatic carbocycles. The Balaban J connectivity index is 1.96. The fourth-order valence-electron chi connectivity index (χ4n) is 1.55. The Labute approximate surface area is 110 Å². The van der Waals surface area contributed by atoms with Gasteiger partial charge in [0, 0.05) is 6.20 Å². The first-order valence-electron chi connectivity index (χ1n) is 5.68. The van der Waals surface area contributed by atoms with Crippen molar-refractivity contribution in [2.75, 3.05) is 13.7 Å². The Kier molecular flexibility index (Phi) is 3.97. The SMILES string of the molecule is COc1cccc(C(=O)OCC(=O)c2ccc[nH]2)c1. The van der Waals surface area contributed by atoms with Crippen molar-refractivity contribution in [1.82, 2.24) is 4.98 Å². The third-order valence-electron chi connectivity index (χ3n) is 2.54. The normalized spacial score (nSPS) is 9.95. The highest BCUT2D eigenvalue weighted by Gasteiger charge is 2.12. The number of ether oxygens (including phenoxy) is 2. The summed E-state index contributed by atoms with van der Waals surface area (Å²) in [6.45, 7) is -0.295. The number of nitrogens with one attached hydrogen (secondary N) is 1. The Hall–Kier alpha value is -2.56. The van der Waals surface area contributed by atoms with Crippen molar-refractivity contribution in [3.63, 3.8) is 0 Å². The number of hydrogen-bond acceptors (Lipinski definition) is 4.